The number of likely N-dealkylation sites (N-methyl/N-ethyl adjacent to an activating group) is 1. The van der Waals surface area contributed by atoms with Gasteiger partial charge in [0.05, 0.1) is 16.3 Å². The van der Waals surface area contributed by atoms with Crippen LogP contribution in [-0.2, 0) is 0 Å². The minimum atomic E-state index is -0.419. The first-order valence-corrected chi connectivity index (χ1v) is 10.9. The number of hydrogen-bond acceptors (Lipinski definition) is 6. The van der Waals surface area contributed by atoms with Crippen molar-refractivity contribution in [2.75, 3.05) is 48.8 Å². The number of benzene rings is 3. The second-order valence-electron chi connectivity index (χ2n) is 8.24. The van der Waals surface area contributed by atoms with Gasteiger partial charge in [0.25, 0.3) is 11.6 Å². The summed E-state index contributed by atoms with van der Waals surface area (Å²) >= 11 is 0. The van der Waals surface area contributed by atoms with Gasteiger partial charge in [-0.15, -0.1) is 0 Å². The zero-order valence-corrected chi connectivity index (χ0v) is 18.7. The first-order chi connectivity index (χ1) is 15.9. The molecule has 0 radical (unpaired) electrons. The molecule has 0 saturated carbocycles. The Balaban J connectivity index is 1.55. The normalized spacial score (nSPS) is 14.1. The smallest absolute Gasteiger partial charge is 0.293 e. The number of carbonyl (C=O) groups excluding carboxylic acids is 1. The molecule has 4 rings (SSSR count). The SMILES string of the molecule is Cc1ccc(Nc2ccccc2NC(=O)c2ccc(N3CCN(C)CC3)c([N+](=O)[O-])c2)cc1. The lowest BCUT2D eigenvalue weighted by atomic mass is 10.1. The quantitative estimate of drug-likeness (QED) is 0.424. The van der Waals surface area contributed by atoms with Crippen LogP contribution in [0, 0.1) is 17.0 Å². The molecule has 0 aromatic heterocycles. The van der Waals surface area contributed by atoms with Crippen LogP contribution in [0.1, 0.15) is 15.9 Å². The molecule has 1 heterocycles. The van der Waals surface area contributed by atoms with Crippen LogP contribution in [0.25, 0.3) is 0 Å². The van der Waals surface area contributed by atoms with E-state index in [2.05, 4.69) is 15.5 Å². The third-order valence-corrected chi connectivity index (χ3v) is 5.78. The molecule has 0 aliphatic carbocycles. The summed E-state index contributed by atoms with van der Waals surface area (Å²) in [4.78, 5) is 28.5. The zero-order chi connectivity index (χ0) is 23.4. The highest BCUT2D eigenvalue weighted by Crippen LogP contribution is 2.31. The molecule has 33 heavy (non-hydrogen) atoms. The molecule has 0 spiro atoms. The summed E-state index contributed by atoms with van der Waals surface area (Å²) in [5, 5.41) is 18.0. The van der Waals surface area contributed by atoms with Crippen molar-refractivity contribution in [3.63, 3.8) is 0 Å². The van der Waals surface area contributed by atoms with Crippen LogP contribution in [-0.4, -0.2) is 49.0 Å². The van der Waals surface area contributed by atoms with Crippen LogP contribution in [0.3, 0.4) is 0 Å². The van der Waals surface area contributed by atoms with Gasteiger partial charge in [-0.25, -0.2) is 0 Å². The Hall–Kier alpha value is -3.91. The lowest BCUT2D eigenvalue weighted by molar-refractivity contribution is -0.384. The number of nitro groups is 1. The maximum Gasteiger partial charge on any atom is 0.293 e. The Morgan fingerprint density at radius 3 is 2.27 bits per heavy atom. The van der Waals surface area contributed by atoms with E-state index >= 15 is 0 Å². The van der Waals surface area contributed by atoms with Gasteiger partial charge in [-0.05, 0) is 50.4 Å². The largest absolute Gasteiger partial charge is 0.363 e. The van der Waals surface area contributed by atoms with E-state index in [1.165, 1.54) is 6.07 Å². The van der Waals surface area contributed by atoms with Crippen molar-refractivity contribution in [1.82, 2.24) is 4.90 Å². The maximum atomic E-state index is 13.0. The maximum absolute atomic E-state index is 13.0. The molecule has 1 saturated heterocycles. The summed E-state index contributed by atoms with van der Waals surface area (Å²) in [6, 6.07) is 20.0. The highest BCUT2D eigenvalue weighted by atomic mass is 16.6. The van der Waals surface area contributed by atoms with Crippen molar-refractivity contribution in [2.45, 2.75) is 6.92 Å². The summed E-state index contributed by atoms with van der Waals surface area (Å²) < 4.78 is 0. The predicted octanol–water partition coefficient (Wildman–Crippen LogP) is 4.65. The summed E-state index contributed by atoms with van der Waals surface area (Å²) in [5.41, 5.74) is 4.11. The first kappa shape index (κ1) is 22.3. The van der Waals surface area contributed by atoms with E-state index in [-0.39, 0.29) is 11.3 Å². The second kappa shape index (κ2) is 9.70. The fourth-order valence-electron chi connectivity index (χ4n) is 3.81. The molecule has 0 unspecified atom stereocenters. The first-order valence-electron chi connectivity index (χ1n) is 10.9. The zero-order valence-electron chi connectivity index (χ0n) is 18.7. The number of nitro benzene ring substituents is 1. The van der Waals surface area contributed by atoms with Crippen molar-refractivity contribution < 1.29 is 9.72 Å². The van der Waals surface area contributed by atoms with Gasteiger partial charge in [0.1, 0.15) is 5.69 Å². The number of rotatable bonds is 6. The molecule has 170 valence electrons. The van der Waals surface area contributed by atoms with Gasteiger partial charge in [-0.1, -0.05) is 29.8 Å². The molecular formula is C25H27N5O3. The van der Waals surface area contributed by atoms with Crippen LogP contribution >= 0.6 is 0 Å². The van der Waals surface area contributed by atoms with E-state index in [9.17, 15) is 14.9 Å². The lowest BCUT2D eigenvalue weighted by Crippen LogP contribution is -2.44. The molecule has 3 aromatic carbocycles. The number of nitrogens with zero attached hydrogens (tertiary/aromatic N) is 3. The van der Waals surface area contributed by atoms with E-state index in [4.69, 9.17) is 0 Å². The van der Waals surface area contributed by atoms with Gasteiger partial charge in [0.15, 0.2) is 0 Å². The van der Waals surface area contributed by atoms with E-state index in [0.717, 1.165) is 30.0 Å². The van der Waals surface area contributed by atoms with Crippen molar-refractivity contribution in [2.24, 2.45) is 0 Å². The monoisotopic (exact) mass is 445 g/mol. The second-order valence-corrected chi connectivity index (χ2v) is 8.24. The Labute approximate surface area is 193 Å². The van der Waals surface area contributed by atoms with Gasteiger partial charge in [-0.3, -0.25) is 14.9 Å². The average molecular weight is 446 g/mol. The standard InChI is InChI=1S/C25H27N5O3/c1-18-7-10-20(11-8-18)26-21-5-3-4-6-22(21)27-25(31)19-9-12-23(24(17-19)30(32)33)29-15-13-28(2)14-16-29/h3-12,17,26H,13-16H2,1-2H3,(H,27,31). The van der Waals surface area contributed by atoms with Crippen LogP contribution in [0.2, 0.25) is 0 Å². The Kier molecular flexibility index (Phi) is 6.55. The lowest BCUT2D eigenvalue weighted by Gasteiger charge is -2.33. The van der Waals surface area contributed by atoms with Gasteiger partial charge in [0.2, 0.25) is 0 Å². The number of nitrogens with one attached hydrogen (secondary N) is 2. The number of carbonyl (C=O) groups is 1. The predicted molar refractivity (Wildman–Crippen MR) is 132 cm³/mol. The Morgan fingerprint density at radius 1 is 0.939 bits per heavy atom. The highest BCUT2D eigenvalue weighted by Gasteiger charge is 2.24. The number of amides is 1. The van der Waals surface area contributed by atoms with E-state index in [0.29, 0.717) is 24.5 Å². The molecule has 8 heteroatoms. The van der Waals surface area contributed by atoms with Crippen molar-refractivity contribution in [3.8, 4) is 0 Å². The van der Waals surface area contributed by atoms with E-state index < -0.39 is 10.8 Å². The Bertz CT molecular complexity index is 1150. The third kappa shape index (κ3) is 5.30. The van der Waals surface area contributed by atoms with Crippen LogP contribution in [0.4, 0.5) is 28.4 Å². The number of hydrogen-bond donors (Lipinski definition) is 2. The van der Waals surface area contributed by atoms with Crippen LogP contribution in [0.15, 0.2) is 66.7 Å². The summed E-state index contributed by atoms with van der Waals surface area (Å²) in [5.74, 6) is -0.402. The van der Waals surface area contributed by atoms with Gasteiger partial charge in [0, 0.05) is 43.5 Å². The summed E-state index contributed by atoms with van der Waals surface area (Å²) in [6.45, 7) is 5.11. The van der Waals surface area contributed by atoms with E-state index in [1.54, 1.807) is 18.2 Å². The molecule has 1 amide bonds. The summed E-state index contributed by atoms with van der Waals surface area (Å²) in [6.07, 6.45) is 0. The van der Waals surface area contributed by atoms with Gasteiger partial charge >= 0.3 is 0 Å². The number of anilines is 4. The molecule has 1 fully saturated rings. The van der Waals surface area contributed by atoms with Crippen molar-refractivity contribution >= 4 is 34.3 Å². The molecule has 1 aliphatic rings. The number of aryl methyl sites for hydroxylation is 1. The minimum absolute atomic E-state index is 0.0572. The molecule has 8 nitrogen and oxygen atoms in total. The fraction of sp³-hybridized carbons (Fsp3) is 0.240. The van der Waals surface area contributed by atoms with E-state index in [1.807, 2.05) is 61.3 Å². The Morgan fingerprint density at radius 2 is 1.61 bits per heavy atom. The third-order valence-electron chi connectivity index (χ3n) is 5.78. The number of para-hydroxylation sites is 2. The molecule has 1 aliphatic heterocycles. The highest BCUT2D eigenvalue weighted by molar-refractivity contribution is 6.06. The number of piperazine rings is 1. The fourth-order valence-corrected chi connectivity index (χ4v) is 3.81. The van der Waals surface area contributed by atoms with Gasteiger partial charge < -0.3 is 20.4 Å². The topological polar surface area (TPSA) is 90.8 Å². The van der Waals surface area contributed by atoms with Crippen LogP contribution in [0.5, 0.6) is 0 Å². The van der Waals surface area contributed by atoms with Crippen molar-refractivity contribution in [3.05, 3.63) is 88.0 Å². The van der Waals surface area contributed by atoms with Crippen molar-refractivity contribution in [1.29, 1.82) is 0 Å². The molecule has 0 bridgehead atoms. The minimum Gasteiger partial charge on any atom is -0.363 e. The molecular weight excluding hydrogens is 418 g/mol. The molecule has 2 N–H and O–H groups in total. The average Bonchev–Trinajstić information content (AvgIpc) is 2.82. The summed E-state index contributed by atoms with van der Waals surface area (Å²) in [7, 11) is 2.03. The van der Waals surface area contributed by atoms with Crippen LogP contribution < -0.4 is 15.5 Å². The molecule has 0 atom stereocenters. The molecule has 3 aromatic rings. The van der Waals surface area contributed by atoms with Gasteiger partial charge in [-0.2, -0.15) is 0 Å².